The lowest BCUT2D eigenvalue weighted by Gasteiger charge is -2.32. The predicted molar refractivity (Wildman–Crippen MR) is 126 cm³/mol. The molecule has 9 nitrogen and oxygen atoms in total. The van der Waals surface area contributed by atoms with Crippen LogP contribution >= 0.6 is 0 Å². The second kappa shape index (κ2) is 10.7. The van der Waals surface area contributed by atoms with E-state index in [4.69, 9.17) is 4.74 Å². The van der Waals surface area contributed by atoms with Crippen molar-refractivity contribution in [3.05, 3.63) is 59.9 Å². The number of benzene rings is 2. The van der Waals surface area contributed by atoms with E-state index >= 15 is 0 Å². The van der Waals surface area contributed by atoms with Gasteiger partial charge in [-0.15, -0.1) is 0 Å². The van der Waals surface area contributed by atoms with Gasteiger partial charge in [-0.1, -0.05) is 12.1 Å². The number of hydrogen-bond donors (Lipinski definition) is 1. The van der Waals surface area contributed by atoms with Gasteiger partial charge in [-0.05, 0) is 36.4 Å². The van der Waals surface area contributed by atoms with Gasteiger partial charge in [0, 0.05) is 38.8 Å². The molecule has 4 amide bonds. The molecule has 2 aliphatic rings. The van der Waals surface area contributed by atoms with E-state index in [2.05, 4.69) is 10.2 Å². The fraction of sp³-hybridized carbons (Fsp3) is 0.360. The number of imide groups is 1. The molecule has 184 valence electrons. The summed E-state index contributed by atoms with van der Waals surface area (Å²) in [5.41, 5.74) is 0.717. The Balaban J connectivity index is 1.57. The van der Waals surface area contributed by atoms with Crippen molar-refractivity contribution >= 4 is 35.0 Å². The summed E-state index contributed by atoms with van der Waals surface area (Å²) < 4.78 is 19.8. The van der Waals surface area contributed by atoms with Crippen molar-refractivity contribution in [2.75, 3.05) is 49.6 Å². The van der Waals surface area contributed by atoms with Crippen LogP contribution in [-0.4, -0.2) is 78.9 Å². The Kier molecular flexibility index (Phi) is 7.52. The number of carbonyl (C=O) groups excluding carboxylic acids is 4. The number of rotatable bonds is 7. The van der Waals surface area contributed by atoms with Crippen molar-refractivity contribution in [2.24, 2.45) is 0 Å². The zero-order valence-corrected chi connectivity index (χ0v) is 19.4. The highest BCUT2D eigenvalue weighted by atomic mass is 19.1. The Morgan fingerprint density at radius 1 is 1.09 bits per heavy atom. The average molecular weight is 483 g/mol. The molecule has 0 saturated carbocycles. The quantitative estimate of drug-likeness (QED) is 0.606. The van der Waals surface area contributed by atoms with Crippen LogP contribution in [0.1, 0.15) is 23.7 Å². The zero-order valence-electron chi connectivity index (χ0n) is 19.4. The van der Waals surface area contributed by atoms with Gasteiger partial charge in [-0.25, -0.2) is 9.29 Å². The van der Waals surface area contributed by atoms with Crippen molar-refractivity contribution in [2.45, 2.75) is 19.4 Å². The summed E-state index contributed by atoms with van der Waals surface area (Å²) in [4.78, 5) is 55.4. The third-order valence-corrected chi connectivity index (χ3v) is 6.07. The van der Waals surface area contributed by atoms with Gasteiger partial charge in [-0.2, -0.15) is 0 Å². The molecule has 2 aromatic rings. The van der Waals surface area contributed by atoms with Crippen LogP contribution in [0.2, 0.25) is 0 Å². The van der Waals surface area contributed by atoms with E-state index < -0.39 is 29.6 Å². The van der Waals surface area contributed by atoms with Gasteiger partial charge in [0.2, 0.25) is 11.8 Å². The van der Waals surface area contributed by atoms with Crippen LogP contribution in [0.4, 0.5) is 15.8 Å². The number of ether oxygens (including phenoxy) is 1. The Morgan fingerprint density at radius 2 is 1.77 bits per heavy atom. The van der Waals surface area contributed by atoms with Crippen LogP contribution in [0.5, 0.6) is 0 Å². The maximum atomic E-state index is 14.5. The zero-order chi connectivity index (χ0) is 24.9. The number of anilines is 2. The van der Waals surface area contributed by atoms with E-state index in [0.29, 0.717) is 44.2 Å². The molecule has 0 aliphatic carbocycles. The topological polar surface area (TPSA) is 99.3 Å². The van der Waals surface area contributed by atoms with Crippen molar-refractivity contribution in [3.8, 4) is 0 Å². The molecule has 10 heteroatoms. The Labute approximate surface area is 202 Å². The van der Waals surface area contributed by atoms with E-state index in [1.54, 1.807) is 30.3 Å². The second-order valence-electron chi connectivity index (χ2n) is 8.45. The lowest BCUT2D eigenvalue weighted by atomic mass is 10.1. The van der Waals surface area contributed by atoms with Crippen LogP contribution in [0.25, 0.3) is 0 Å². The maximum Gasteiger partial charge on any atom is 0.257 e. The number of amides is 4. The lowest BCUT2D eigenvalue weighted by molar-refractivity contribution is -0.122. The van der Waals surface area contributed by atoms with Crippen LogP contribution < -0.4 is 10.2 Å². The molecule has 0 bridgehead atoms. The molecule has 0 radical (unpaired) electrons. The lowest BCUT2D eigenvalue weighted by Crippen LogP contribution is -2.49. The standard InChI is InChI=1S/C25H27FN4O5/c1-17(31)27-18-6-8-19(9-7-18)30-23(32)16-22(25(30)34)29(11-10-28-12-14-35-15-13-28)24(33)20-4-2-3-5-21(20)26/h2-9,22H,10-16H2,1H3,(H,27,31). The summed E-state index contributed by atoms with van der Waals surface area (Å²) in [6.45, 7) is 4.52. The van der Waals surface area contributed by atoms with E-state index in [9.17, 15) is 23.6 Å². The van der Waals surface area contributed by atoms with Gasteiger partial charge in [0.15, 0.2) is 0 Å². The first-order chi connectivity index (χ1) is 16.8. The van der Waals surface area contributed by atoms with E-state index in [0.717, 1.165) is 4.90 Å². The molecule has 2 saturated heterocycles. The summed E-state index contributed by atoms with van der Waals surface area (Å²) in [6.07, 6.45) is -0.199. The predicted octanol–water partition coefficient (Wildman–Crippen LogP) is 1.89. The number of nitrogens with zero attached hydrogens (tertiary/aromatic N) is 3. The van der Waals surface area contributed by atoms with Crippen LogP contribution in [0.3, 0.4) is 0 Å². The summed E-state index contributed by atoms with van der Waals surface area (Å²) in [6, 6.07) is 10.8. The Morgan fingerprint density at radius 3 is 2.43 bits per heavy atom. The number of morpholine rings is 1. The number of hydrogen-bond acceptors (Lipinski definition) is 6. The normalized spacial score (nSPS) is 18.6. The highest BCUT2D eigenvalue weighted by Crippen LogP contribution is 2.28. The molecule has 0 aromatic heterocycles. The SMILES string of the molecule is CC(=O)Nc1ccc(N2C(=O)CC(N(CCN3CCOCC3)C(=O)c3ccccc3F)C2=O)cc1. The Bertz CT molecular complexity index is 1120. The van der Waals surface area contributed by atoms with E-state index in [-0.39, 0.29) is 24.4 Å². The monoisotopic (exact) mass is 482 g/mol. The second-order valence-corrected chi connectivity index (χ2v) is 8.45. The maximum absolute atomic E-state index is 14.5. The highest BCUT2D eigenvalue weighted by molar-refractivity contribution is 6.23. The van der Waals surface area contributed by atoms with Gasteiger partial charge in [0.1, 0.15) is 11.9 Å². The molecular weight excluding hydrogens is 455 g/mol. The fourth-order valence-electron chi connectivity index (χ4n) is 4.29. The fourth-order valence-corrected chi connectivity index (χ4v) is 4.29. The molecule has 4 rings (SSSR count). The van der Waals surface area contributed by atoms with Gasteiger partial charge in [0.05, 0.1) is 30.9 Å². The minimum atomic E-state index is -1.05. The molecule has 1 atom stereocenters. The Hall–Kier alpha value is -3.63. The summed E-state index contributed by atoms with van der Waals surface area (Å²) in [5, 5.41) is 2.63. The minimum absolute atomic E-state index is 0.146. The van der Waals surface area contributed by atoms with Gasteiger partial charge < -0.3 is 15.0 Å². The summed E-state index contributed by atoms with van der Waals surface area (Å²) >= 11 is 0. The first-order valence-corrected chi connectivity index (χ1v) is 11.4. The molecule has 1 unspecified atom stereocenters. The van der Waals surface area contributed by atoms with Crippen LogP contribution in [-0.2, 0) is 19.1 Å². The van der Waals surface area contributed by atoms with Gasteiger partial charge in [-0.3, -0.25) is 24.1 Å². The van der Waals surface area contributed by atoms with Crippen LogP contribution in [0, 0.1) is 5.82 Å². The minimum Gasteiger partial charge on any atom is -0.379 e. The molecule has 2 aromatic carbocycles. The molecule has 1 N–H and O–H groups in total. The van der Waals surface area contributed by atoms with Gasteiger partial charge in [0.25, 0.3) is 11.8 Å². The van der Waals surface area contributed by atoms with Crippen molar-refractivity contribution < 1.29 is 28.3 Å². The first-order valence-electron chi connectivity index (χ1n) is 11.4. The van der Waals surface area contributed by atoms with Gasteiger partial charge >= 0.3 is 0 Å². The highest BCUT2D eigenvalue weighted by Gasteiger charge is 2.44. The molecule has 2 heterocycles. The largest absolute Gasteiger partial charge is 0.379 e. The molecule has 2 aliphatic heterocycles. The van der Waals surface area contributed by atoms with Crippen molar-refractivity contribution in [1.82, 2.24) is 9.80 Å². The third kappa shape index (κ3) is 5.55. The summed E-state index contributed by atoms with van der Waals surface area (Å²) in [5.74, 6) is -2.56. The smallest absolute Gasteiger partial charge is 0.257 e. The van der Waals surface area contributed by atoms with E-state index in [1.807, 2.05) is 0 Å². The van der Waals surface area contributed by atoms with Crippen LogP contribution in [0.15, 0.2) is 48.5 Å². The summed E-state index contributed by atoms with van der Waals surface area (Å²) in [7, 11) is 0. The number of halogens is 1. The van der Waals surface area contributed by atoms with E-state index in [1.165, 1.54) is 30.0 Å². The van der Waals surface area contributed by atoms with Crippen molar-refractivity contribution in [1.29, 1.82) is 0 Å². The third-order valence-electron chi connectivity index (χ3n) is 6.07. The molecule has 0 spiro atoms. The molecular formula is C25H27FN4O5. The first kappa shape index (κ1) is 24.5. The molecule has 35 heavy (non-hydrogen) atoms. The molecule has 2 fully saturated rings. The van der Waals surface area contributed by atoms with Crippen molar-refractivity contribution in [3.63, 3.8) is 0 Å². The number of carbonyl (C=O) groups is 4. The average Bonchev–Trinajstić information content (AvgIpc) is 3.14. The number of nitrogens with one attached hydrogen (secondary N) is 1.